The van der Waals surface area contributed by atoms with Crippen LogP contribution in [0.5, 0.6) is 0 Å². The van der Waals surface area contributed by atoms with Gasteiger partial charge in [0.05, 0.1) is 5.75 Å². The Morgan fingerprint density at radius 3 is 2.43 bits per heavy atom. The van der Waals surface area contributed by atoms with E-state index >= 15 is 0 Å². The number of carbonyl (C=O) groups is 1. The van der Waals surface area contributed by atoms with Crippen molar-refractivity contribution >= 4 is 21.6 Å². The average Bonchev–Trinajstić information content (AvgIpc) is 2.69. The molecule has 0 spiro atoms. The summed E-state index contributed by atoms with van der Waals surface area (Å²) in [6.07, 6.45) is 3.07. The number of hydrogen-bond donors (Lipinski definition) is 2. The van der Waals surface area contributed by atoms with E-state index in [2.05, 4.69) is 19.2 Å². The van der Waals surface area contributed by atoms with Crippen LogP contribution in [0.15, 0.2) is 24.3 Å². The van der Waals surface area contributed by atoms with Crippen molar-refractivity contribution in [3.8, 4) is 0 Å². The third-order valence-corrected chi connectivity index (χ3v) is 4.90. The molecule has 0 aliphatic heterocycles. The fourth-order valence-electron chi connectivity index (χ4n) is 2.96. The van der Waals surface area contributed by atoms with E-state index in [0.29, 0.717) is 11.3 Å². The Balaban J connectivity index is 2.02. The summed E-state index contributed by atoms with van der Waals surface area (Å²) in [5, 5.41) is 7.91. The summed E-state index contributed by atoms with van der Waals surface area (Å²) in [5.74, 6) is -0.130. The molecular formula is C15H22N2O3S. The molecule has 0 saturated heterocycles. The van der Waals surface area contributed by atoms with Crippen molar-refractivity contribution < 1.29 is 13.2 Å². The van der Waals surface area contributed by atoms with E-state index in [1.54, 1.807) is 24.3 Å². The van der Waals surface area contributed by atoms with Gasteiger partial charge in [-0.05, 0) is 36.0 Å². The summed E-state index contributed by atoms with van der Waals surface area (Å²) < 4.78 is 22.0. The molecule has 1 aliphatic carbocycles. The Labute approximate surface area is 126 Å². The largest absolute Gasteiger partial charge is 0.326 e. The first kappa shape index (κ1) is 16.0. The molecule has 2 rings (SSSR count). The fourth-order valence-corrected chi connectivity index (χ4v) is 3.62. The van der Waals surface area contributed by atoms with Crippen LogP contribution in [-0.2, 0) is 20.6 Å². The van der Waals surface area contributed by atoms with Crippen LogP contribution in [0.25, 0.3) is 0 Å². The lowest BCUT2D eigenvalue weighted by molar-refractivity contribution is -0.122. The average molecular weight is 310 g/mol. The van der Waals surface area contributed by atoms with Crippen molar-refractivity contribution in [3.63, 3.8) is 0 Å². The Kier molecular flexibility index (Phi) is 4.39. The molecule has 3 N–H and O–H groups in total. The highest BCUT2D eigenvalue weighted by Crippen LogP contribution is 2.43. The summed E-state index contributed by atoms with van der Waals surface area (Å²) >= 11 is 0. The first-order valence-electron chi connectivity index (χ1n) is 7.08. The third kappa shape index (κ3) is 4.28. The summed E-state index contributed by atoms with van der Waals surface area (Å²) in [7, 11) is -3.53. The van der Waals surface area contributed by atoms with Crippen molar-refractivity contribution in [2.45, 2.75) is 38.9 Å². The molecule has 0 heterocycles. The first-order chi connectivity index (χ1) is 9.67. The topological polar surface area (TPSA) is 89.3 Å². The Hall–Kier alpha value is -1.40. The SMILES string of the molecule is CC1(C)CCCC1C(=O)Nc1ccc(CS(N)(=O)=O)cc1. The van der Waals surface area contributed by atoms with Gasteiger partial charge in [-0.2, -0.15) is 0 Å². The molecule has 1 atom stereocenters. The number of benzene rings is 1. The van der Waals surface area contributed by atoms with Gasteiger partial charge in [0, 0.05) is 11.6 Å². The van der Waals surface area contributed by atoms with Crippen molar-refractivity contribution in [3.05, 3.63) is 29.8 Å². The van der Waals surface area contributed by atoms with Crippen molar-refractivity contribution in [1.29, 1.82) is 0 Å². The predicted octanol–water partition coefficient (Wildman–Crippen LogP) is 2.24. The van der Waals surface area contributed by atoms with Gasteiger partial charge in [0.25, 0.3) is 0 Å². The van der Waals surface area contributed by atoms with Crippen LogP contribution in [0, 0.1) is 11.3 Å². The standard InChI is InChI=1S/C15H22N2O3S/c1-15(2)9-3-4-13(15)14(18)17-12-7-5-11(6-8-12)10-21(16,19)20/h5-8,13H,3-4,9-10H2,1-2H3,(H,17,18)(H2,16,19,20). The maximum atomic E-state index is 12.3. The summed E-state index contributed by atoms with van der Waals surface area (Å²) in [4.78, 5) is 12.3. The highest BCUT2D eigenvalue weighted by atomic mass is 32.2. The zero-order chi connectivity index (χ0) is 15.7. The van der Waals surface area contributed by atoms with E-state index in [-0.39, 0.29) is 23.0 Å². The number of amides is 1. The molecular weight excluding hydrogens is 288 g/mol. The lowest BCUT2D eigenvalue weighted by atomic mass is 9.81. The summed E-state index contributed by atoms with van der Waals surface area (Å²) in [6, 6.07) is 6.75. The molecule has 1 aromatic rings. The lowest BCUT2D eigenvalue weighted by Gasteiger charge is -2.25. The number of nitrogens with two attached hydrogens (primary N) is 1. The van der Waals surface area contributed by atoms with E-state index in [0.717, 1.165) is 19.3 Å². The molecule has 116 valence electrons. The second kappa shape index (κ2) is 5.77. The van der Waals surface area contributed by atoms with E-state index in [9.17, 15) is 13.2 Å². The fraction of sp³-hybridized carbons (Fsp3) is 0.533. The zero-order valence-electron chi connectivity index (χ0n) is 12.4. The highest BCUT2D eigenvalue weighted by Gasteiger charge is 2.39. The van der Waals surface area contributed by atoms with Crippen LogP contribution in [0.4, 0.5) is 5.69 Å². The van der Waals surface area contributed by atoms with Gasteiger partial charge in [-0.3, -0.25) is 4.79 Å². The minimum absolute atomic E-state index is 0.0293. The van der Waals surface area contributed by atoms with Gasteiger partial charge in [-0.25, -0.2) is 13.6 Å². The molecule has 1 aliphatic rings. The minimum Gasteiger partial charge on any atom is -0.326 e. The van der Waals surface area contributed by atoms with Gasteiger partial charge < -0.3 is 5.32 Å². The molecule has 1 unspecified atom stereocenters. The number of carbonyl (C=O) groups excluding carboxylic acids is 1. The highest BCUT2D eigenvalue weighted by molar-refractivity contribution is 7.88. The molecule has 1 saturated carbocycles. The molecule has 1 fully saturated rings. The normalized spacial score (nSPS) is 21.2. The van der Waals surface area contributed by atoms with E-state index in [1.807, 2.05) is 0 Å². The molecule has 21 heavy (non-hydrogen) atoms. The Morgan fingerprint density at radius 2 is 1.95 bits per heavy atom. The second-order valence-electron chi connectivity index (χ2n) is 6.43. The summed E-state index contributed by atoms with van der Waals surface area (Å²) in [6.45, 7) is 4.25. The number of anilines is 1. The van der Waals surface area contributed by atoms with Crippen LogP contribution in [0.3, 0.4) is 0 Å². The smallest absolute Gasteiger partial charge is 0.228 e. The van der Waals surface area contributed by atoms with Gasteiger partial charge in [-0.1, -0.05) is 32.4 Å². The van der Waals surface area contributed by atoms with E-state index < -0.39 is 10.0 Å². The predicted molar refractivity (Wildman–Crippen MR) is 83.0 cm³/mol. The number of hydrogen-bond acceptors (Lipinski definition) is 3. The van der Waals surface area contributed by atoms with Crippen LogP contribution in [0.2, 0.25) is 0 Å². The molecule has 0 radical (unpaired) electrons. The molecule has 0 aromatic heterocycles. The summed E-state index contributed by atoms with van der Waals surface area (Å²) in [5.41, 5.74) is 1.33. The Morgan fingerprint density at radius 1 is 1.33 bits per heavy atom. The van der Waals surface area contributed by atoms with Gasteiger partial charge in [0.15, 0.2) is 0 Å². The zero-order valence-corrected chi connectivity index (χ0v) is 13.2. The van der Waals surface area contributed by atoms with E-state index in [1.165, 1.54) is 0 Å². The minimum atomic E-state index is -3.53. The van der Waals surface area contributed by atoms with Gasteiger partial charge in [0.2, 0.25) is 15.9 Å². The maximum absolute atomic E-state index is 12.3. The molecule has 1 aromatic carbocycles. The van der Waals surface area contributed by atoms with Crippen LogP contribution < -0.4 is 10.5 Å². The van der Waals surface area contributed by atoms with Gasteiger partial charge in [-0.15, -0.1) is 0 Å². The second-order valence-corrected chi connectivity index (χ2v) is 8.04. The van der Waals surface area contributed by atoms with Crippen molar-refractivity contribution in [1.82, 2.24) is 0 Å². The molecule has 5 nitrogen and oxygen atoms in total. The van der Waals surface area contributed by atoms with Crippen molar-refractivity contribution in [2.24, 2.45) is 16.5 Å². The molecule has 1 amide bonds. The Bertz CT molecular complexity index is 621. The van der Waals surface area contributed by atoms with Crippen LogP contribution >= 0.6 is 0 Å². The third-order valence-electron chi connectivity index (χ3n) is 4.16. The van der Waals surface area contributed by atoms with E-state index in [4.69, 9.17) is 5.14 Å². The van der Waals surface area contributed by atoms with Crippen molar-refractivity contribution in [2.75, 3.05) is 5.32 Å². The quantitative estimate of drug-likeness (QED) is 0.893. The lowest BCUT2D eigenvalue weighted by Crippen LogP contribution is -2.30. The number of sulfonamides is 1. The van der Waals surface area contributed by atoms with Gasteiger partial charge in [0.1, 0.15) is 0 Å². The number of primary sulfonamides is 1. The van der Waals surface area contributed by atoms with Crippen LogP contribution in [0.1, 0.15) is 38.7 Å². The monoisotopic (exact) mass is 310 g/mol. The number of rotatable bonds is 4. The van der Waals surface area contributed by atoms with Gasteiger partial charge >= 0.3 is 0 Å². The maximum Gasteiger partial charge on any atom is 0.228 e. The number of nitrogens with one attached hydrogen (secondary N) is 1. The first-order valence-corrected chi connectivity index (χ1v) is 8.79. The molecule has 0 bridgehead atoms. The van der Waals surface area contributed by atoms with Crippen LogP contribution in [-0.4, -0.2) is 14.3 Å². The molecule has 6 heteroatoms.